The standard InChI is InChI=1S/C27H25N5O3/c1-32-25(27-29-22-10-18-13-28-14-19(18)11-23(22)30-27)26(33)24(31-32)16-6-4-15(5-7-16)17-8-20(34-2)12-21(9-17)35-3/h4-12,28,33H,13-14H2,1-3H3,(H,29,30). The molecule has 3 heterocycles. The van der Waals surface area contributed by atoms with Crippen LogP contribution in [-0.2, 0) is 20.1 Å². The van der Waals surface area contributed by atoms with Crippen molar-refractivity contribution in [1.29, 1.82) is 0 Å². The molecule has 0 atom stereocenters. The van der Waals surface area contributed by atoms with Gasteiger partial charge >= 0.3 is 0 Å². The first-order valence-corrected chi connectivity index (χ1v) is 11.4. The highest BCUT2D eigenvalue weighted by atomic mass is 16.5. The molecule has 0 saturated carbocycles. The normalized spacial score (nSPS) is 12.8. The number of benzene rings is 3. The van der Waals surface area contributed by atoms with Crippen molar-refractivity contribution in [3.05, 3.63) is 65.7 Å². The summed E-state index contributed by atoms with van der Waals surface area (Å²) in [5.41, 5.74) is 8.20. The molecule has 35 heavy (non-hydrogen) atoms. The van der Waals surface area contributed by atoms with Gasteiger partial charge in [0.05, 0.1) is 25.3 Å². The summed E-state index contributed by atoms with van der Waals surface area (Å²) >= 11 is 0. The lowest BCUT2D eigenvalue weighted by atomic mass is 10.0. The molecule has 2 aromatic heterocycles. The van der Waals surface area contributed by atoms with Gasteiger partial charge in [-0.05, 0) is 46.5 Å². The average molecular weight is 468 g/mol. The number of aryl methyl sites for hydroxylation is 1. The van der Waals surface area contributed by atoms with Gasteiger partial charge in [-0.25, -0.2) is 4.98 Å². The lowest BCUT2D eigenvalue weighted by Crippen LogP contribution is -1.99. The Balaban J connectivity index is 1.36. The zero-order valence-electron chi connectivity index (χ0n) is 19.7. The number of aromatic nitrogens is 4. The third kappa shape index (κ3) is 3.59. The molecule has 0 bridgehead atoms. The van der Waals surface area contributed by atoms with E-state index in [0.717, 1.165) is 52.3 Å². The van der Waals surface area contributed by atoms with Crippen LogP contribution in [0.2, 0.25) is 0 Å². The molecule has 0 amide bonds. The van der Waals surface area contributed by atoms with Crippen LogP contribution in [0.15, 0.2) is 54.6 Å². The molecule has 5 aromatic rings. The van der Waals surface area contributed by atoms with E-state index >= 15 is 0 Å². The van der Waals surface area contributed by atoms with Crippen molar-refractivity contribution in [2.24, 2.45) is 7.05 Å². The maximum Gasteiger partial charge on any atom is 0.173 e. The number of aromatic amines is 1. The second-order valence-electron chi connectivity index (χ2n) is 8.68. The van der Waals surface area contributed by atoms with Crippen LogP contribution in [0.25, 0.3) is 44.9 Å². The fourth-order valence-electron chi connectivity index (χ4n) is 4.69. The SMILES string of the molecule is COc1cc(OC)cc(-c2ccc(-c3nn(C)c(-c4nc5cc6c(cc5[nH]4)CNC6)c3O)cc2)c1. The van der Waals surface area contributed by atoms with Crippen LogP contribution in [0.4, 0.5) is 0 Å². The van der Waals surface area contributed by atoms with Gasteiger partial charge in [-0.1, -0.05) is 24.3 Å². The predicted molar refractivity (Wildman–Crippen MR) is 134 cm³/mol. The van der Waals surface area contributed by atoms with Gasteiger partial charge in [-0.2, -0.15) is 5.10 Å². The Morgan fingerprint density at radius 3 is 2.20 bits per heavy atom. The summed E-state index contributed by atoms with van der Waals surface area (Å²) in [6.07, 6.45) is 0. The molecule has 0 fully saturated rings. The number of hydrogen-bond acceptors (Lipinski definition) is 6. The number of nitrogens with one attached hydrogen (secondary N) is 2. The summed E-state index contributed by atoms with van der Waals surface area (Å²) in [6.45, 7) is 1.71. The molecule has 3 N–H and O–H groups in total. The van der Waals surface area contributed by atoms with E-state index in [0.29, 0.717) is 17.2 Å². The van der Waals surface area contributed by atoms with Crippen molar-refractivity contribution < 1.29 is 14.6 Å². The Morgan fingerprint density at radius 1 is 0.857 bits per heavy atom. The average Bonchev–Trinajstić information content (AvgIpc) is 3.58. The van der Waals surface area contributed by atoms with Crippen LogP contribution in [0.3, 0.4) is 0 Å². The van der Waals surface area contributed by atoms with Gasteiger partial charge in [0.25, 0.3) is 0 Å². The van der Waals surface area contributed by atoms with Crippen molar-refractivity contribution in [3.8, 4) is 51.2 Å². The number of hydrogen-bond donors (Lipinski definition) is 3. The van der Waals surface area contributed by atoms with Crippen LogP contribution in [0, 0.1) is 0 Å². The monoisotopic (exact) mass is 467 g/mol. The second-order valence-corrected chi connectivity index (χ2v) is 8.68. The van der Waals surface area contributed by atoms with Gasteiger partial charge in [0, 0.05) is 31.8 Å². The molecule has 3 aromatic carbocycles. The smallest absolute Gasteiger partial charge is 0.173 e. The molecule has 8 nitrogen and oxygen atoms in total. The number of imidazole rings is 1. The van der Waals surface area contributed by atoms with E-state index in [2.05, 4.69) is 27.5 Å². The summed E-state index contributed by atoms with van der Waals surface area (Å²) in [6, 6.07) is 17.9. The Kier molecular flexibility index (Phi) is 4.96. The Hall–Kier alpha value is -4.30. The lowest BCUT2D eigenvalue weighted by molar-refractivity contribution is 0.394. The predicted octanol–water partition coefficient (Wildman–Crippen LogP) is 4.62. The maximum atomic E-state index is 11.1. The molecule has 176 valence electrons. The first-order valence-electron chi connectivity index (χ1n) is 11.4. The Morgan fingerprint density at radius 2 is 1.51 bits per heavy atom. The molecule has 0 saturated heterocycles. The van der Waals surface area contributed by atoms with Gasteiger partial charge in [-0.15, -0.1) is 0 Å². The number of fused-ring (bicyclic) bond motifs is 2. The zero-order chi connectivity index (χ0) is 24.1. The van der Waals surface area contributed by atoms with Crippen molar-refractivity contribution in [2.75, 3.05) is 14.2 Å². The van der Waals surface area contributed by atoms with Gasteiger partial charge in [-0.3, -0.25) is 4.68 Å². The van der Waals surface area contributed by atoms with Gasteiger partial charge in [0.1, 0.15) is 22.9 Å². The molecular weight excluding hydrogens is 442 g/mol. The third-order valence-electron chi connectivity index (χ3n) is 6.52. The zero-order valence-corrected chi connectivity index (χ0v) is 19.7. The van der Waals surface area contributed by atoms with Gasteiger partial charge in [0.2, 0.25) is 0 Å². The van der Waals surface area contributed by atoms with E-state index in [1.807, 2.05) is 49.5 Å². The van der Waals surface area contributed by atoms with E-state index < -0.39 is 0 Å². The number of H-pyrrole nitrogens is 1. The molecule has 0 spiro atoms. The molecule has 8 heteroatoms. The highest BCUT2D eigenvalue weighted by Gasteiger charge is 2.22. The third-order valence-corrected chi connectivity index (χ3v) is 6.52. The van der Waals surface area contributed by atoms with E-state index in [1.54, 1.807) is 18.9 Å². The summed E-state index contributed by atoms with van der Waals surface area (Å²) in [4.78, 5) is 8.10. The Bertz CT molecular complexity index is 1500. The molecule has 0 unspecified atom stereocenters. The minimum Gasteiger partial charge on any atom is -0.504 e. The maximum absolute atomic E-state index is 11.1. The van der Waals surface area contributed by atoms with Crippen molar-refractivity contribution in [2.45, 2.75) is 13.1 Å². The Labute approximate surface area is 202 Å². The quantitative estimate of drug-likeness (QED) is 0.349. The van der Waals surface area contributed by atoms with Crippen molar-refractivity contribution in [3.63, 3.8) is 0 Å². The van der Waals surface area contributed by atoms with Gasteiger partial charge < -0.3 is 24.9 Å². The lowest BCUT2D eigenvalue weighted by Gasteiger charge is -2.09. The molecule has 1 aliphatic rings. The summed E-state index contributed by atoms with van der Waals surface area (Å²) in [7, 11) is 5.08. The minimum absolute atomic E-state index is 0.0940. The topological polar surface area (TPSA) is 97.2 Å². The number of aromatic hydroxyl groups is 1. The van der Waals surface area contributed by atoms with E-state index in [1.165, 1.54) is 11.1 Å². The van der Waals surface area contributed by atoms with Crippen LogP contribution < -0.4 is 14.8 Å². The molecule has 0 aliphatic carbocycles. The van der Waals surface area contributed by atoms with Crippen LogP contribution in [0.1, 0.15) is 11.1 Å². The number of ether oxygens (including phenoxy) is 2. The number of rotatable bonds is 5. The fourth-order valence-corrected chi connectivity index (χ4v) is 4.69. The molecule has 1 aliphatic heterocycles. The molecular formula is C27H25N5O3. The van der Waals surface area contributed by atoms with E-state index in [-0.39, 0.29) is 5.75 Å². The van der Waals surface area contributed by atoms with Gasteiger partial charge in [0.15, 0.2) is 11.6 Å². The minimum atomic E-state index is 0.0940. The van der Waals surface area contributed by atoms with Crippen LogP contribution in [-0.4, -0.2) is 39.1 Å². The second kappa shape index (κ2) is 8.18. The molecule has 0 radical (unpaired) electrons. The summed E-state index contributed by atoms with van der Waals surface area (Å²) < 4.78 is 12.4. The first kappa shape index (κ1) is 21.2. The fraction of sp³-hybridized carbons (Fsp3) is 0.185. The number of methoxy groups -OCH3 is 2. The van der Waals surface area contributed by atoms with Crippen LogP contribution in [0.5, 0.6) is 17.2 Å². The van der Waals surface area contributed by atoms with Crippen LogP contribution >= 0.6 is 0 Å². The largest absolute Gasteiger partial charge is 0.504 e. The van der Waals surface area contributed by atoms with Crippen molar-refractivity contribution >= 4 is 11.0 Å². The first-order chi connectivity index (χ1) is 17.0. The highest BCUT2D eigenvalue weighted by Crippen LogP contribution is 2.38. The van der Waals surface area contributed by atoms with Crippen molar-refractivity contribution in [1.82, 2.24) is 25.1 Å². The summed E-state index contributed by atoms with van der Waals surface area (Å²) in [5.74, 6) is 2.14. The summed E-state index contributed by atoms with van der Waals surface area (Å²) in [5, 5.41) is 19.1. The van der Waals surface area contributed by atoms with E-state index in [4.69, 9.17) is 14.5 Å². The number of nitrogens with zero attached hydrogens (tertiary/aromatic N) is 3. The molecule has 6 rings (SSSR count). The van der Waals surface area contributed by atoms with E-state index in [9.17, 15) is 5.11 Å². The highest BCUT2D eigenvalue weighted by molar-refractivity contribution is 5.84.